The highest BCUT2D eigenvalue weighted by Gasteiger charge is 2.02. The molecule has 0 spiro atoms. The number of nitrogens with zero attached hydrogens (tertiary/aromatic N) is 1. The van der Waals surface area contributed by atoms with Gasteiger partial charge in [-0.1, -0.05) is 29.3 Å². The van der Waals surface area contributed by atoms with Crippen molar-refractivity contribution in [1.29, 1.82) is 5.26 Å². The maximum Gasteiger partial charge on any atom is 0.0992 e. The number of aryl methyl sites for hydroxylation is 1. The Balaban J connectivity index is 2.25. The number of halogens is 1. The summed E-state index contributed by atoms with van der Waals surface area (Å²) in [5.41, 5.74) is 3.54. The standard InChI is InChI=1S/C14H11ClN2/c1-10-2-5-12(6-3-10)17-14-7-4-11(9-16)8-13(14)15/h2-8,17H,1H3. The van der Waals surface area contributed by atoms with Crippen molar-refractivity contribution in [3.05, 3.63) is 58.6 Å². The van der Waals surface area contributed by atoms with E-state index in [0.29, 0.717) is 10.6 Å². The number of rotatable bonds is 2. The van der Waals surface area contributed by atoms with Crippen molar-refractivity contribution in [3.8, 4) is 6.07 Å². The Morgan fingerprint density at radius 3 is 2.41 bits per heavy atom. The zero-order valence-electron chi connectivity index (χ0n) is 9.37. The van der Waals surface area contributed by atoms with E-state index < -0.39 is 0 Å². The molecule has 0 aromatic heterocycles. The van der Waals surface area contributed by atoms with Crippen LogP contribution in [0.3, 0.4) is 0 Å². The topological polar surface area (TPSA) is 35.8 Å². The fourth-order valence-corrected chi connectivity index (χ4v) is 1.71. The predicted octanol–water partition coefficient (Wildman–Crippen LogP) is 4.26. The SMILES string of the molecule is Cc1ccc(Nc2ccc(C#N)cc2Cl)cc1. The summed E-state index contributed by atoms with van der Waals surface area (Å²) >= 11 is 6.08. The summed E-state index contributed by atoms with van der Waals surface area (Å²) in [4.78, 5) is 0. The van der Waals surface area contributed by atoms with Gasteiger partial charge in [0.15, 0.2) is 0 Å². The molecule has 0 amide bonds. The van der Waals surface area contributed by atoms with E-state index in [-0.39, 0.29) is 0 Å². The first-order chi connectivity index (χ1) is 8.19. The summed E-state index contributed by atoms with van der Waals surface area (Å²) in [5, 5.41) is 12.5. The van der Waals surface area contributed by atoms with E-state index in [1.165, 1.54) is 5.56 Å². The second-order valence-corrected chi connectivity index (χ2v) is 4.20. The molecule has 2 aromatic carbocycles. The van der Waals surface area contributed by atoms with E-state index in [2.05, 4.69) is 11.4 Å². The van der Waals surface area contributed by atoms with Gasteiger partial charge < -0.3 is 5.32 Å². The average Bonchev–Trinajstić information content (AvgIpc) is 2.34. The lowest BCUT2D eigenvalue weighted by atomic mass is 10.2. The number of hydrogen-bond donors (Lipinski definition) is 1. The number of hydrogen-bond acceptors (Lipinski definition) is 2. The quantitative estimate of drug-likeness (QED) is 0.854. The van der Waals surface area contributed by atoms with Gasteiger partial charge in [0.25, 0.3) is 0 Å². The smallest absolute Gasteiger partial charge is 0.0992 e. The average molecular weight is 243 g/mol. The first-order valence-corrected chi connectivity index (χ1v) is 5.60. The van der Waals surface area contributed by atoms with Crippen LogP contribution in [-0.2, 0) is 0 Å². The molecule has 2 rings (SSSR count). The van der Waals surface area contributed by atoms with Crippen molar-refractivity contribution in [2.24, 2.45) is 0 Å². The third-order valence-electron chi connectivity index (χ3n) is 2.43. The summed E-state index contributed by atoms with van der Waals surface area (Å²) in [5.74, 6) is 0. The lowest BCUT2D eigenvalue weighted by Gasteiger charge is -2.08. The van der Waals surface area contributed by atoms with Crippen molar-refractivity contribution >= 4 is 23.0 Å². The molecule has 1 N–H and O–H groups in total. The highest BCUT2D eigenvalue weighted by Crippen LogP contribution is 2.26. The molecule has 0 unspecified atom stereocenters. The Morgan fingerprint density at radius 1 is 1.12 bits per heavy atom. The molecule has 0 saturated carbocycles. The highest BCUT2D eigenvalue weighted by atomic mass is 35.5. The molecule has 84 valence electrons. The molecule has 0 fully saturated rings. The van der Waals surface area contributed by atoms with Gasteiger partial charge in [0.05, 0.1) is 22.3 Å². The van der Waals surface area contributed by atoms with E-state index in [0.717, 1.165) is 11.4 Å². The molecule has 0 aliphatic heterocycles. The van der Waals surface area contributed by atoms with Crippen LogP contribution in [0.4, 0.5) is 11.4 Å². The van der Waals surface area contributed by atoms with E-state index in [9.17, 15) is 0 Å². The highest BCUT2D eigenvalue weighted by molar-refractivity contribution is 6.33. The molecule has 17 heavy (non-hydrogen) atoms. The fraction of sp³-hybridized carbons (Fsp3) is 0.0714. The maximum absolute atomic E-state index is 8.74. The van der Waals surface area contributed by atoms with E-state index >= 15 is 0 Å². The molecular formula is C14H11ClN2. The first kappa shape index (κ1) is 11.5. The van der Waals surface area contributed by atoms with Gasteiger partial charge in [0, 0.05) is 5.69 Å². The molecule has 0 saturated heterocycles. The maximum atomic E-state index is 8.74. The van der Waals surface area contributed by atoms with Crippen molar-refractivity contribution in [2.75, 3.05) is 5.32 Å². The van der Waals surface area contributed by atoms with E-state index in [1.807, 2.05) is 31.2 Å². The van der Waals surface area contributed by atoms with Gasteiger partial charge in [-0.2, -0.15) is 5.26 Å². The molecule has 0 bridgehead atoms. The van der Waals surface area contributed by atoms with Gasteiger partial charge in [0.1, 0.15) is 0 Å². The van der Waals surface area contributed by atoms with Crippen LogP contribution in [0.5, 0.6) is 0 Å². The Labute approximate surface area is 105 Å². The van der Waals surface area contributed by atoms with Crippen molar-refractivity contribution in [2.45, 2.75) is 6.92 Å². The van der Waals surface area contributed by atoms with Gasteiger partial charge in [-0.15, -0.1) is 0 Å². The number of nitriles is 1. The minimum atomic E-state index is 0.546. The first-order valence-electron chi connectivity index (χ1n) is 5.22. The van der Waals surface area contributed by atoms with E-state index in [1.54, 1.807) is 18.2 Å². The third kappa shape index (κ3) is 2.77. The van der Waals surface area contributed by atoms with Gasteiger partial charge in [0.2, 0.25) is 0 Å². The minimum absolute atomic E-state index is 0.546. The molecule has 0 atom stereocenters. The minimum Gasteiger partial charge on any atom is -0.354 e. The normalized spacial score (nSPS) is 9.71. The molecule has 0 heterocycles. The van der Waals surface area contributed by atoms with Crippen molar-refractivity contribution in [1.82, 2.24) is 0 Å². The van der Waals surface area contributed by atoms with Crippen molar-refractivity contribution in [3.63, 3.8) is 0 Å². The lowest BCUT2D eigenvalue weighted by molar-refractivity contribution is 1.45. The second-order valence-electron chi connectivity index (χ2n) is 3.80. The Kier molecular flexibility index (Phi) is 3.32. The predicted molar refractivity (Wildman–Crippen MR) is 70.6 cm³/mol. The van der Waals surface area contributed by atoms with Gasteiger partial charge in [-0.05, 0) is 37.3 Å². The van der Waals surface area contributed by atoms with Crippen LogP contribution in [0.2, 0.25) is 5.02 Å². The zero-order chi connectivity index (χ0) is 12.3. The third-order valence-corrected chi connectivity index (χ3v) is 2.74. The number of nitrogens with one attached hydrogen (secondary N) is 1. The van der Waals surface area contributed by atoms with Crippen LogP contribution >= 0.6 is 11.6 Å². The number of anilines is 2. The Morgan fingerprint density at radius 2 is 1.82 bits per heavy atom. The Bertz CT molecular complexity index is 568. The lowest BCUT2D eigenvalue weighted by Crippen LogP contribution is -1.91. The molecule has 0 aliphatic carbocycles. The van der Waals surface area contributed by atoms with E-state index in [4.69, 9.17) is 16.9 Å². The Hall–Kier alpha value is -1.98. The molecule has 2 nitrogen and oxygen atoms in total. The van der Waals surface area contributed by atoms with Gasteiger partial charge >= 0.3 is 0 Å². The van der Waals surface area contributed by atoms with Crippen molar-refractivity contribution < 1.29 is 0 Å². The molecule has 2 aromatic rings. The molecule has 0 aliphatic rings. The summed E-state index contributed by atoms with van der Waals surface area (Å²) in [7, 11) is 0. The van der Waals surface area contributed by atoms with Crippen LogP contribution < -0.4 is 5.32 Å². The summed E-state index contributed by atoms with van der Waals surface area (Å²) in [6.07, 6.45) is 0. The summed E-state index contributed by atoms with van der Waals surface area (Å²) in [6.45, 7) is 2.04. The number of benzene rings is 2. The van der Waals surface area contributed by atoms with Gasteiger partial charge in [-0.25, -0.2) is 0 Å². The second kappa shape index (κ2) is 4.90. The van der Waals surface area contributed by atoms with Crippen LogP contribution in [0, 0.1) is 18.3 Å². The fourth-order valence-electron chi connectivity index (χ4n) is 1.48. The summed E-state index contributed by atoms with van der Waals surface area (Å²) < 4.78 is 0. The van der Waals surface area contributed by atoms with Crippen LogP contribution in [0.1, 0.15) is 11.1 Å². The van der Waals surface area contributed by atoms with Crippen LogP contribution in [-0.4, -0.2) is 0 Å². The largest absolute Gasteiger partial charge is 0.354 e. The van der Waals surface area contributed by atoms with Crippen LogP contribution in [0.15, 0.2) is 42.5 Å². The molecule has 3 heteroatoms. The molecule has 0 radical (unpaired) electrons. The van der Waals surface area contributed by atoms with Crippen LogP contribution in [0.25, 0.3) is 0 Å². The van der Waals surface area contributed by atoms with Gasteiger partial charge in [-0.3, -0.25) is 0 Å². The zero-order valence-corrected chi connectivity index (χ0v) is 10.1. The monoisotopic (exact) mass is 242 g/mol. The summed E-state index contributed by atoms with van der Waals surface area (Å²) in [6, 6.07) is 15.3. The molecular weight excluding hydrogens is 232 g/mol.